The predicted octanol–water partition coefficient (Wildman–Crippen LogP) is 4.38. The van der Waals surface area contributed by atoms with E-state index in [1.165, 1.54) is 21.9 Å². The van der Waals surface area contributed by atoms with E-state index in [4.69, 9.17) is 0 Å². The van der Waals surface area contributed by atoms with Gasteiger partial charge in [-0.15, -0.1) is 0 Å². The van der Waals surface area contributed by atoms with E-state index in [1.54, 1.807) is 6.20 Å². The number of aliphatic imine (C=N–C) groups is 1. The molecule has 1 aromatic heterocycles. The van der Waals surface area contributed by atoms with Gasteiger partial charge in [-0.2, -0.15) is 0 Å². The minimum atomic E-state index is 0.883. The molecule has 0 bridgehead atoms. The number of amidine groups is 1. The van der Waals surface area contributed by atoms with Crippen LogP contribution in [0.5, 0.6) is 0 Å². The summed E-state index contributed by atoms with van der Waals surface area (Å²) in [6, 6.07) is 25.3. The average molecular weight is 368 g/mol. The molecule has 0 radical (unpaired) electrons. The molecule has 0 saturated heterocycles. The van der Waals surface area contributed by atoms with Crippen LogP contribution in [0.25, 0.3) is 10.8 Å². The summed E-state index contributed by atoms with van der Waals surface area (Å²) >= 11 is 0. The fourth-order valence-electron chi connectivity index (χ4n) is 3.38. The number of imidazole rings is 1. The predicted molar refractivity (Wildman–Crippen MR) is 116 cm³/mol. The Morgan fingerprint density at radius 3 is 2.43 bits per heavy atom. The first-order valence-electron chi connectivity index (χ1n) is 9.64. The summed E-state index contributed by atoms with van der Waals surface area (Å²) in [7, 11) is 0. The van der Waals surface area contributed by atoms with Crippen molar-refractivity contribution in [1.82, 2.24) is 15.3 Å². The third kappa shape index (κ3) is 4.65. The molecule has 0 unspecified atom stereocenters. The van der Waals surface area contributed by atoms with Gasteiger partial charge in [0.1, 0.15) is 11.7 Å². The smallest absolute Gasteiger partial charge is 0.110 e. The second kappa shape index (κ2) is 9.00. The summed E-state index contributed by atoms with van der Waals surface area (Å²) in [5.41, 5.74) is 2.64. The molecule has 1 aliphatic heterocycles. The lowest BCUT2D eigenvalue weighted by atomic mass is 10.0. The van der Waals surface area contributed by atoms with Gasteiger partial charge in [0.05, 0.1) is 6.54 Å². The van der Waals surface area contributed by atoms with Crippen LogP contribution in [-0.2, 0) is 12.8 Å². The molecule has 2 N–H and O–H groups in total. The molecule has 4 nitrogen and oxygen atoms in total. The van der Waals surface area contributed by atoms with Gasteiger partial charge >= 0.3 is 0 Å². The first-order valence-corrected chi connectivity index (χ1v) is 9.64. The van der Waals surface area contributed by atoms with Gasteiger partial charge in [-0.3, -0.25) is 4.99 Å². The van der Waals surface area contributed by atoms with Crippen molar-refractivity contribution in [2.45, 2.75) is 12.8 Å². The molecule has 4 aromatic rings. The number of nitrogens with one attached hydrogen (secondary N) is 2. The summed E-state index contributed by atoms with van der Waals surface area (Å²) in [6.45, 7) is 1.90. The van der Waals surface area contributed by atoms with Gasteiger partial charge < -0.3 is 10.3 Å². The number of hydrogen-bond donors (Lipinski definition) is 2. The Morgan fingerprint density at radius 2 is 1.64 bits per heavy atom. The van der Waals surface area contributed by atoms with Gasteiger partial charge in [0.2, 0.25) is 0 Å². The van der Waals surface area contributed by atoms with Crippen LogP contribution in [0.3, 0.4) is 0 Å². The van der Waals surface area contributed by atoms with Crippen LogP contribution in [0.2, 0.25) is 0 Å². The number of hydrogen-bond acceptors (Lipinski definition) is 3. The molecule has 0 fully saturated rings. The molecule has 2 heterocycles. The third-order valence-corrected chi connectivity index (χ3v) is 4.75. The van der Waals surface area contributed by atoms with E-state index in [0.29, 0.717) is 0 Å². The number of aromatic amines is 1. The Balaban J connectivity index is 0.000000143. The fourth-order valence-corrected chi connectivity index (χ4v) is 3.38. The first kappa shape index (κ1) is 18.0. The van der Waals surface area contributed by atoms with Crippen LogP contribution in [0.4, 0.5) is 0 Å². The SMILES string of the molecule is c1ccc(Cc2ncc[nH]2)cc1.c1ccc2c(CC3=NCCN3)cccc2c1. The fraction of sp³-hybridized carbons (Fsp3) is 0.167. The third-order valence-electron chi connectivity index (χ3n) is 4.75. The molecule has 3 aromatic carbocycles. The Morgan fingerprint density at radius 1 is 0.821 bits per heavy atom. The van der Waals surface area contributed by atoms with E-state index in [1.807, 2.05) is 24.4 Å². The van der Waals surface area contributed by atoms with Crippen molar-refractivity contribution in [2.24, 2.45) is 4.99 Å². The van der Waals surface area contributed by atoms with Gasteiger partial charge in [-0.05, 0) is 21.9 Å². The number of benzene rings is 3. The Labute approximate surface area is 165 Å². The van der Waals surface area contributed by atoms with E-state index in [2.05, 4.69) is 74.9 Å². The monoisotopic (exact) mass is 368 g/mol. The van der Waals surface area contributed by atoms with Crippen LogP contribution < -0.4 is 5.32 Å². The number of rotatable bonds is 4. The van der Waals surface area contributed by atoms with Gasteiger partial charge in [0, 0.05) is 31.8 Å². The van der Waals surface area contributed by atoms with Crippen molar-refractivity contribution >= 4 is 16.6 Å². The zero-order valence-corrected chi connectivity index (χ0v) is 15.8. The van der Waals surface area contributed by atoms with E-state index in [-0.39, 0.29) is 0 Å². The van der Waals surface area contributed by atoms with Crippen molar-refractivity contribution in [1.29, 1.82) is 0 Å². The number of nitrogens with zero attached hydrogens (tertiary/aromatic N) is 2. The lowest BCUT2D eigenvalue weighted by Crippen LogP contribution is -2.20. The molecule has 0 atom stereocenters. The number of aromatic nitrogens is 2. The van der Waals surface area contributed by atoms with E-state index in [9.17, 15) is 0 Å². The quantitative estimate of drug-likeness (QED) is 0.561. The summed E-state index contributed by atoms with van der Waals surface area (Å²) in [5.74, 6) is 2.14. The van der Waals surface area contributed by atoms with Crippen molar-refractivity contribution in [2.75, 3.05) is 13.1 Å². The Hall–Kier alpha value is -3.40. The molecule has 0 amide bonds. The van der Waals surface area contributed by atoms with E-state index < -0.39 is 0 Å². The highest BCUT2D eigenvalue weighted by molar-refractivity contribution is 5.92. The Bertz CT molecular complexity index is 1030. The standard InChI is InChI=1S/C14H14N2.C10H10N2/c1-2-7-13-11(4-1)5-3-6-12(13)10-14-15-8-9-16-14;1-2-4-9(5-3-1)8-10-11-6-7-12-10/h1-7H,8-10H2,(H,15,16);1-7H,8H2,(H,11,12). The van der Waals surface area contributed by atoms with Crippen LogP contribution in [0.1, 0.15) is 17.0 Å². The van der Waals surface area contributed by atoms with Gasteiger partial charge in [-0.25, -0.2) is 4.98 Å². The molecule has 0 spiro atoms. The lowest BCUT2D eigenvalue weighted by molar-refractivity contribution is 0.954. The van der Waals surface area contributed by atoms with Crippen molar-refractivity contribution in [3.63, 3.8) is 0 Å². The highest BCUT2D eigenvalue weighted by Crippen LogP contribution is 2.19. The van der Waals surface area contributed by atoms with Crippen molar-refractivity contribution in [3.8, 4) is 0 Å². The minimum absolute atomic E-state index is 0.883. The molecular weight excluding hydrogens is 344 g/mol. The highest BCUT2D eigenvalue weighted by atomic mass is 15.1. The zero-order valence-electron chi connectivity index (χ0n) is 15.8. The molecular formula is C24H24N4. The summed E-state index contributed by atoms with van der Waals surface area (Å²) in [5, 5.41) is 5.96. The maximum Gasteiger partial charge on any atom is 0.110 e. The summed E-state index contributed by atoms with van der Waals surface area (Å²) in [6.07, 6.45) is 5.42. The van der Waals surface area contributed by atoms with Crippen LogP contribution in [0.15, 0.2) is 90.2 Å². The van der Waals surface area contributed by atoms with Crippen LogP contribution in [0, 0.1) is 0 Å². The lowest BCUT2D eigenvalue weighted by Gasteiger charge is -2.06. The summed E-state index contributed by atoms with van der Waals surface area (Å²) in [4.78, 5) is 11.7. The van der Waals surface area contributed by atoms with Gasteiger partial charge in [0.15, 0.2) is 0 Å². The maximum absolute atomic E-state index is 4.44. The zero-order chi connectivity index (χ0) is 19.0. The minimum Gasteiger partial charge on any atom is -0.372 e. The van der Waals surface area contributed by atoms with E-state index >= 15 is 0 Å². The highest BCUT2D eigenvalue weighted by Gasteiger charge is 2.07. The van der Waals surface area contributed by atoms with Crippen molar-refractivity contribution in [3.05, 3.63) is 102 Å². The number of H-pyrrole nitrogens is 1. The molecule has 1 aliphatic rings. The van der Waals surface area contributed by atoms with Crippen LogP contribution >= 0.6 is 0 Å². The first-order chi connectivity index (χ1) is 13.9. The topological polar surface area (TPSA) is 53.1 Å². The largest absolute Gasteiger partial charge is 0.372 e. The molecule has 0 aliphatic carbocycles. The number of fused-ring (bicyclic) bond motifs is 1. The van der Waals surface area contributed by atoms with Crippen molar-refractivity contribution < 1.29 is 0 Å². The van der Waals surface area contributed by atoms with Gasteiger partial charge in [0.25, 0.3) is 0 Å². The Kier molecular flexibility index (Phi) is 5.78. The maximum atomic E-state index is 4.44. The average Bonchev–Trinajstić information content (AvgIpc) is 3.44. The second-order valence-electron chi connectivity index (χ2n) is 6.77. The molecule has 5 rings (SSSR count). The normalized spacial score (nSPS) is 12.8. The molecule has 140 valence electrons. The van der Waals surface area contributed by atoms with Crippen LogP contribution in [-0.4, -0.2) is 28.9 Å². The second-order valence-corrected chi connectivity index (χ2v) is 6.77. The molecule has 4 heteroatoms. The molecule has 0 saturated carbocycles. The molecule has 28 heavy (non-hydrogen) atoms. The van der Waals surface area contributed by atoms with E-state index in [0.717, 1.165) is 37.6 Å². The van der Waals surface area contributed by atoms with Gasteiger partial charge in [-0.1, -0.05) is 72.8 Å². The summed E-state index contributed by atoms with van der Waals surface area (Å²) < 4.78 is 0.